The lowest BCUT2D eigenvalue weighted by Gasteiger charge is -2.21. The molecule has 1 amide bonds. The van der Waals surface area contributed by atoms with Gasteiger partial charge in [0.1, 0.15) is 5.69 Å². The molecule has 1 atom stereocenters. The van der Waals surface area contributed by atoms with Crippen LogP contribution in [-0.4, -0.2) is 32.2 Å². The monoisotopic (exact) mass is 420 g/mol. The molecule has 0 saturated carbocycles. The van der Waals surface area contributed by atoms with E-state index < -0.39 is 17.8 Å². The molecular weight excluding hydrogens is 400 g/mol. The first kappa shape index (κ1) is 18.6. The lowest BCUT2D eigenvalue weighted by molar-refractivity contribution is -0.118. The van der Waals surface area contributed by atoms with Gasteiger partial charge in [0.05, 0.1) is 27.4 Å². The maximum absolute atomic E-state index is 12.7. The standard InChI is InChI=1S/C22H20N4O3S/c23-21(27)16(11-4-2-1-3-5-11)17-13-7-6-12(22(28)29)10-15(13)24-18(17)19-20-14(25-26-19)8-9-30-20/h4,6-10,16,24H,1-3,5H2,(H2,23,27)(H,25,26)(H,28,29). The van der Waals surface area contributed by atoms with Gasteiger partial charge in [-0.3, -0.25) is 9.89 Å². The maximum Gasteiger partial charge on any atom is 0.335 e. The Bertz CT molecular complexity index is 1330. The summed E-state index contributed by atoms with van der Waals surface area (Å²) in [5.74, 6) is -2.00. The van der Waals surface area contributed by atoms with Gasteiger partial charge in [-0.05, 0) is 49.3 Å². The number of thiophene rings is 1. The number of allylic oxidation sites excluding steroid dienone is 1. The highest BCUT2D eigenvalue weighted by Crippen LogP contribution is 2.43. The number of rotatable bonds is 5. The van der Waals surface area contributed by atoms with E-state index in [0.717, 1.165) is 52.4 Å². The molecule has 3 aromatic heterocycles. The number of primary amides is 1. The van der Waals surface area contributed by atoms with Gasteiger partial charge < -0.3 is 15.8 Å². The third-order valence-electron chi connectivity index (χ3n) is 5.76. The SMILES string of the molecule is NC(=O)C(C1=CCCCC1)c1c(-c2n[nH]c3ccsc23)[nH]c2cc(C(=O)O)ccc12. The molecule has 5 N–H and O–H groups in total. The minimum Gasteiger partial charge on any atom is -0.478 e. The molecule has 30 heavy (non-hydrogen) atoms. The summed E-state index contributed by atoms with van der Waals surface area (Å²) in [5, 5.41) is 19.7. The van der Waals surface area contributed by atoms with Crippen molar-refractivity contribution >= 4 is 44.3 Å². The third kappa shape index (κ3) is 2.91. The molecule has 0 radical (unpaired) electrons. The number of carbonyl (C=O) groups is 2. The molecule has 3 heterocycles. The molecule has 0 spiro atoms. The highest BCUT2D eigenvalue weighted by molar-refractivity contribution is 7.17. The molecule has 0 fully saturated rings. The number of nitrogens with one attached hydrogen (secondary N) is 2. The van der Waals surface area contributed by atoms with Crippen LogP contribution in [0.2, 0.25) is 0 Å². The minimum atomic E-state index is -1.00. The Morgan fingerprint density at radius 3 is 2.80 bits per heavy atom. The van der Waals surface area contributed by atoms with Gasteiger partial charge in [0.15, 0.2) is 0 Å². The lowest BCUT2D eigenvalue weighted by Crippen LogP contribution is -2.24. The Labute approximate surface area is 175 Å². The van der Waals surface area contributed by atoms with Crippen molar-refractivity contribution in [2.75, 3.05) is 0 Å². The number of fused-ring (bicyclic) bond motifs is 2. The van der Waals surface area contributed by atoms with Crippen LogP contribution in [0, 0.1) is 0 Å². The van der Waals surface area contributed by atoms with Crippen LogP contribution in [0.1, 0.15) is 47.5 Å². The summed E-state index contributed by atoms with van der Waals surface area (Å²) >= 11 is 1.56. The van der Waals surface area contributed by atoms with Gasteiger partial charge in [0, 0.05) is 16.5 Å². The normalized spacial score (nSPS) is 15.4. The number of aromatic nitrogens is 3. The summed E-state index contributed by atoms with van der Waals surface area (Å²) in [7, 11) is 0. The highest BCUT2D eigenvalue weighted by Gasteiger charge is 2.31. The number of carbonyl (C=O) groups excluding carboxylic acids is 1. The fourth-order valence-electron chi connectivity index (χ4n) is 4.39. The first-order valence-electron chi connectivity index (χ1n) is 9.83. The second-order valence-corrected chi connectivity index (χ2v) is 8.49. The van der Waals surface area contributed by atoms with Crippen LogP contribution in [0.25, 0.3) is 32.5 Å². The lowest BCUT2D eigenvalue weighted by atomic mass is 9.82. The zero-order chi connectivity index (χ0) is 20.8. The number of nitrogens with zero attached hydrogens (tertiary/aromatic N) is 1. The van der Waals surface area contributed by atoms with Gasteiger partial charge in [0.25, 0.3) is 0 Å². The largest absolute Gasteiger partial charge is 0.478 e. The van der Waals surface area contributed by atoms with Crippen molar-refractivity contribution in [3.8, 4) is 11.4 Å². The number of aromatic carboxylic acids is 1. The van der Waals surface area contributed by atoms with E-state index in [1.165, 1.54) is 0 Å². The predicted molar refractivity (Wildman–Crippen MR) is 117 cm³/mol. The molecule has 0 saturated heterocycles. The van der Waals surface area contributed by atoms with Crippen LogP contribution in [-0.2, 0) is 4.79 Å². The van der Waals surface area contributed by atoms with E-state index in [2.05, 4.69) is 21.3 Å². The van der Waals surface area contributed by atoms with Gasteiger partial charge in [-0.2, -0.15) is 5.10 Å². The zero-order valence-corrected chi connectivity index (χ0v) is 16.9. The van der Waals surface area contributed by atoms with Crippen molar-refractivity contribution in [1.29, 1.82) is 0 Å². The third-order valence-corrected chi connectivity index (χ3v) is 6.68. The van der Waals surface area contributed by atoms with Gasteiger partial charge in [-0.25, -0.2) is 4.79 Å². The van der Waals surface area contributed by atoms with Crippen LogP contribution in [0.5, 0.6) is 0 Å². The Morgan fingerprint density at radius 1 is 1.20 bits per heavy atom. The van der Waals surface area contributed by atoms with Crippen molar-refractivity contribution in [2.45, 2.75) is 31.6 Å². The van der Waals surface area contributed by atoms with Crippen molar-refractivity contribution in [3.05, 3.63) is 52.4 Å². The van der Waals surface area contributed by atoms with Crippen LogP contribution >= 0.6 is 11.3 Å². The average Bonchev–Trinajstić information content (AvgIpc) is 3.43. The molecule has 152 valence electrons. The van der Waals surface area contributed by atoms with Gasteiger partial charge in [-0.15, -0.1) is 11.3 Å². The van der Waals surface area contributed by atoms with Crippen LogP contribution in [0.4, 0.5) is 0 Å². The van der Waals surface area contributed by atoms with E-state index in [1.807, 2.05) is 11.4 Å². The average molecular weight is 420 g/mol. The number of aromatic amines is 2. The summed E-state index contributed by atoms with van der Waals surface area (Å²) in [5.41, 5.74) is 10.9. The molecule has 4 aromatic rings. The zero-order valence-electron chi connectivity index (χ0n) is 16.1. The Balaban J connectivity index is 1.81. The smallest absolute Gasteiger partial charge is 0.335 e. The van der Waals surface area contributed by atoms with Crippen LogP contribution in [0.3, 0.4) is 0 Å². The Hall–Kier alpha value is -3.39. The summed E-state index contributed by atoms with van der Waals surface area (Å²) in [6.45, 7) is 0. The minimum absolute atomic E-state index is 0.178. The maximum atomic E-state index is 12.7. The van der Waals surface area contributed by atoms with Gasteiger partial charge in [0.2, 0.25) is 5.91 Å². The molecule has 8 heteroatoms. The van der Waals surface area contributed by atoms with Crippen LogP contribution < -0.4 is 5.73 Å². The van der Waals surface area contributed by atoms with Crippen molar-refractivity contribution < 1.29 is 14.7 Å². The molecular formula is C22H20N4O3S. The number of H-pyrrole nitrogens is 2. The van der Waals surface area contributed by atoms with E-state index in [-0.39, 0.29) is 5.56 Å². The van der Waals surface area contributed by atoms with E-state index in [4.69, 9.17) is 5.73 Å². The second kappa shape index (κ2) is 7.14. The summed E-state index contributed by atoms with van der Waals surface area (Å²) in [6.07, 6.45) is 6.00. The quantitative estimate of drug-likeness (QED) is 0.354. The topological polar surface area (TPSA) is 125 Å². The fourth-order valence-corrected chi connectivity index (χ4v) is 5.23. The van der Waals surface area contributed by atoms with Crippen LogP contribution in [0.15, 0.2) is 41.3 Å². The van der Waals surface area contributed by atoms with E-state index in [0.29, 0.717) is 16.9 Å². The molecule has 1 aliphatic carbocycles. The number of amides is 1. The summed E-state index contributed by atoms with van der Waals surface area (Å²) in [4.78, 5) is 27.5. The molecule has 1 aromatic carbocycles. The van der Waals surface area contributed by atoms with Crippen molar-refractivity contribution in [2.24, 2.45) is 5.73 Å². The number of carboxylic acid groups (broad SMARTS) is 1. The van der Waals surface area contributed by atoms with Crippen molar-refractivity contribution in [1.82, 2.24) is 15.2 Å². The summed E-state index contributed by atoms with van der Waals surface area (Å²) < 4.78 is 0.974. The fraction of sp³-hybridized carbons (Fsp3) is 0.227. The van der Waals surface area contributed by atoms with Gasteiger partial charge in [-0.1, -0.05) is 17.7 Å². The van der Waals surface area contributed by atoms with E-state index in [9.17, 15) is 14.7 Å². The van der Waals surface area contributed by atoms with Gasteiger partial charge >= 0.3 is 5.97 Å². The first-order valence-corrected chi connectivity index (χ1v) is 10.7. The van der Waals surface area contributed by atoms with E-state index in [1.54, 1.807) is 29.5 Å². The van der Waals surface area contributed by atoms with Crippen molar-refractivity contribution in [3.63, 3.8) is 0 Å². The second-order valence-electron chi connectivity index (χ2n) is 7.58. The molecule has 7 nitrogen and oxygen atoms in total. The Morgan fingerprint density at radius 2 is 2.07 bits per heavy atom. The molecule has 1 unspecified atom stereocenters. The summed E-state index contributed by atoms with van der Waals surface area (Å²) in [6, 6.07) is 6.86. The number of hydrogen-bond donors (Lipinski definition) is 4. The molecule has 0 aliphatic heterocycles. The number of benzene rings is 1. The molecule has 1 aliphatic rings. The molecule has 5 rings (SSSR count). The van der Waals surface area contributed by atoms with E-state index >= 15 is 0 Å². The predicted octanol–water partition coefficient (Wildman–Crippen LogP) is 4.54. The number of nitrogens with two attached hydrogens (primary N) is 1. The highest BCUT2D eigenvalue weighted by atomic mass is 32.1. The Kier molecular flexibility index (Phi) is 4.43. The molecule has 0 bridgehead atoms. The first-order chi connectivity index (χ1) is 14.5. The number of carboxylic acids is 1. The number of hydrogen-bond acceptors (Lipinski definition) is 4.